The Labute approximate surface area is 84.4 Å². The third-order valence-electron chi connectivity index (χ3n) is 1.63. The number of Topliss-reactive ketones (excluding diaryl/α,β-unsaturated/α-hetero) is 1. The summed E-state index contributed by atoms with van der Waals surface area (Å²) in [7, 11) is 1.20. The van der Waals surface area contributed by atoms with Gasteiger partial charge in [0.15, 0.2) is 17.3 Å². The van der Waals surface area contributed by atoms with Gasteiger partial charge < -0.3 is 4.74 Å². The number of hydrogen-bond donors (Lipinski definition) is 0. The average molecular weight is 221 g/mol. The Morgan fingerprint density at radius 3 is 2.64 bits per heavy atom. The summed E-state index contributed by atoms with van der Waals surface area (Å²) < 4.78 is 30.4. The SMILES string of the molecule is COc1c(F)cc(F)cc1C(=O)CCl. The third-order valence-corrected chi connectivity index (χ3v) is 1.88. The van der Waals surface area contributed by atoms with Gasteiger partial charge in [0, 0.05) is 6.07 Å². The Bertz CT molecular complexity index is 366. The maximum atomic E-state index is 13.0. The van der Waals surface area contributed by atoms with Crippen LogP contribution in [0.4, 0.5) is 8.78 Å². The first-order chi connectivity index (χ1) is 6.60. The number of carbonyl (C=O) groups is 1. The second kappa shape index (κ2) is 4.37. The molecule has 1 aromatic carbocycles. The van der Waals surface area contributed by atoms with Crippen molar-refractivity contribution in [2.45, 2.75) is 0 Å². The van der Waals surface area contributed by atoms with E-state index in [4.69, 9.17) is 11.6 Å². The monoisotopic (exact) mass is 220 g/mol. The minimum atomic E-state index is -0.916. The lowest BCUT2D eigenvalue weighted by Gasteiger charge is -2.07. The predicted octanol–water partition coefficient (Wildman–Crippen LogP) is 2.39. The van der Waals surface area contributed by atoms with Crippen LogP contribution in [0.5, 0.6) is 5.75 Å². The lowest BCUT2D eigenvalue weighted by Crippen LogP contribution is -2.05. The topological polar surface area (TPSA) is 26.3 Å². The number of ether oxygens (including phenoxy) is 1. The molecule has 76 valence electrons. The number of ketones is 1. The van der Waals surface area contributed by atoms with Crippen molar-refractivity contribution in [3.63, 3.8) is 0 Å². The molecule has 0 radical (unpaired) electrons. The van der Waals surface area contributed by atoms with E-state index >= 15 is 0 Å². The standard InChI is InChI=1S/C9H7ClF2O2/c1-14-9-6(8(13)4-10)2-5(11)3-7(9)12/h2-3H,4H2,1H3. The Kier molecular flexibility index (Phi) is 3.41. The summed E-state index contributed by atoms with van der Waals surface area (Å²) >= 11 is 5.27. The van der Waals surface area contributed by atoms with Gasteiger partial charge in [0.05, 0.1) is 18.6 Å². The quantitative estimate of drug-likeness (QED) is 0.578. The second-order valence-electron chi connectivity index (χ2n) is 2.53. The zero-order chi connectivity index (χ0) is 10.7. The molecule has 0 aromatic heterocycles. The second-order valence-corrected chi connectivity index (χ2v) is 2.79. The fourth-order valence-electron chi connectivity index (χ4n) is 1.05. The molecule has 0 heterocycles. The van der Waals surface area contributed by atoms with E-state index in [1.807, 2.05) is 0 Å². The molecular formula is C9H7ClF2O2. The van der Waals surface area contributed by atoms with Crippen molar-refractivity contribution in [2.24, 2.45) is 0 Å². The molecule has 1 aromatic rings. The summed E-state index contributed by atoms with van der Waals surface area (Å²) in [5.74, 6) is -2.96. The number of alkyl halides is 1. The van der Waals surface area contributed by atoms with Crippen LogP contribution in [0, 0.1) is 11.6 Å². The van der Waals surface area contributed by atoms with Crippen LogP contribution in [-0.2, 0) is 0 Å². The predicted molar refractivity (Wildman–Crippen MR) is 48.0 cm³/mol. The van der Waals surface area contributed by atoms with Gasteiger partial charge in [-0.3, -0.25) is 4.79 Å². The van der Waals surface area contributed by atoms with E-state index in [1.54, 1.807) is 0 Å². The first-order valence-electron chi connectivity index (χ1n) is 3.72. The van der Waals surface area contributed by atoms with Crippen LogP contribution in [0.1, 0.15) is 10.4 Å². The largest absolute Gasteiger partial charge is 0.493 e. The van der Waals surface area contributed by atoms with Crippen molar-refractivity contribution in [1.82, 2.24) is 0 Å². The van der Waals surface area contributed by atoms with Crippen molar-refractivity contribution in [3.8, 4) is 5.75 Å². The normalized spacial score (nSPS) is 10.0. The summed E-state index contributed by atoms with van der Waals surface area (Å²) in [5, 5.41) is 0. The highest BCUT2D eigenvalue weighted by atomic mass is 35.5. The van der Waals surface area contributed by atoms with E-state index in [9.17, 15) is 13.6 Å². The smallest absolute Gasteiger partial charge is 0.181 e. The number of rotatable bonds is 3. The molecule has 14 heavy (non-hydrogen) atoms. The molecule has 0 atom stereocenters. The van der Waals surface area contributed by atoms with Crippen molar-refractivity contribution < 1.29 is 18.3 Å². The zero-order valence-electron chi connectivity index (χ0n) is 7.31. The van der Waals surface area contributed by atoms with Crippen molar-refractivity contribution in [1.29, 1.82) is 0 Å². The van der Waals surface area contributed by atoms with E-state index in [0.717, 1.165) is 6.07 Å². The van der Waals surface area contributed by atoms with Gasteiger partial charge in [-0.15, -0.1) is 11.6 Å². The lowest BCUT2D eigenvalue weighted by molar-refractivity contribution is 0.101. The minimum absolute atomic E-state index is 0.181. The Morgan fingerprint density at radius 1 is 1.50 bits per heavy atom. The molecule has 0 aliphatic carbocycles. The summed E-state index contributed by atoms with van der Waals surface area (Å²) in [4.78, 5) is 11.2. The van der Waals surface area contributed by atoms with Crippen LogP contribution in [0.25, 0.3) is 0 Å². The molecule has 1 rings (SSSR count). The van der Waals surface area contributed by atoms with Crippen LogP contribution in [0.2, 0.25) is 0 Å². The highest BCUT2D eigenvalue weighted by Crippen LogP contribution is 2.24. The first kappa shape index (κ1) is 10.9. The Morgan fingerprint density at radius 2 is 2.14 bits per heavy atom. The van der Waals surface area contributed by atoms with Gasteiger partial charge in [0.25, 0.3) is 0 Å². The molecule has 0 unspecified atom stereocenters. The molecule has 0 aliphatic heterocycles. The fourth-order valence-corrected chi connectivity index (χ4v) is 1.19. The van der Waals surface area contributed by atoms with E-state index in [-0.39, 0.29) is 17.2 Å². The highest BCUT2D eigenvalue weighted by Gasteiger charge is 2.17. The van der Waals surface area contributed by atoms with Crippen LogP contribution in [-0.4, -0.2) is 18.8 Å². The maximum absolute atomic E-state index is 13.0. The first-order valence-corrected chi connectivity index (χ1v) is 4.25. The minimum Gasteiger partial charge on any atom is -0.493 e. The van der Waals surface area contributed by atoms with Gasteiger partial charge in [0.2, 0.25) is 0 Å². The molecule has 0 spiro atoms. The van der Waals surface area contributed by atoms with Gasteiger partial charge in [0.1, 0.15) is 5.82 Å². The average Bonchev–Trinajstić information content (AvgIpc) is 2.15. The highest BCUT2D eigenvalue weighted by molar-refractivity contribution is 6.30. The molecule has 0 fully saturated rings. The molecule has 0 aliphatic rings. The number of carbonyl (C=O) groups excluding carboxylic acids is 1. The van der Waals surface area contributed by atoms with Gasteiger partial charge in [-0.1, -0.05) is 0 Å². The van der Waals surface area contributed by atoms with E-state index in [2.05, 4.69) is 4.74 Å². The lowest BCUT2D eigenvalue weighted by atomic mass is 10.1. The number of hydrogen-bond acceptors (Lipinski definition) is 2. The van der Waals surface area contributed by atoms with Crippen molar-refractivity contribution >= 4 is 17.4 Å². The van der Waals surface area contributed by atoms with Crippen LogP contribution in [0.3, 0.4) is 0 Å². The van der Waals surface area contributed by atoms with Gasteiger partial charge in [-0.05, 0) is 6.07 Å². The van der Waals surface area contributed by atoms with Gasteiger partial charge in [-0.25, -0.2) is 8.78 Å². The summed E-state index contributed by atoms with van der Waals surface area (Å²) in [6, 6.07) is 1.54. The molecule has 0 saturated heterocycles. The number of methoxy groups -OCH3 is 1. The van der Waals surface area contributed by atoms with Crippen LogP contribution in [0.15, 0.2) is 12.1 Å². The molecule has 0 N–H and O–H groups in total. The Balaban J connectivity index is 3.32. The number of benzene rings is 1. The van der Waals surface area contributed by atoms with E-state index < -0.39 is 17.4 Å². The van der Waals surface area contributed by atoms with Crippen LogP contribution < -0.4 is 4.74 Å². The van der Waals surface area contributed by atoms with E-state index in [1.165, 1.54) is 7.11 Å². The molecule has 0 bridgehead atoms. The van der Waals surface area contributed by atoms with Gasteiger partial charge in [-0.2, -0.15) is 0 Å². The van der Waals surface area contributed by atoms with Crippen LogP contribution >= 0.6 is 11.6 Å². The molecule has 0 amide bonds. The molecular weight excluding hydrogens is 214 g/mol. The van der Waals surface area contributed by atoms with E-state index in [0.29, 0.717) is 6.07 Å². The molecule has 0 saturated carbocycles. The molecule has 2 nitrogen and oxygen atoms in total. The van der Waals surface area contributed by atoms with Crippen molar-refractivity contribution in [3.05, 3.63) is 29.3 Å². The summed E-state index contributed by atoms with van der Waals surface area (Å²) in [6.45, 7) is 0. The Hall–Kier alpha value is -1.16. The van der Waals surface area contributed by atoms with Crippen molar-refractivity contribution in [2.75, 3.05) is 13.0 Å². The summed E-state index contributed by atoms with van der Waals surface area (Å²) in [5.41, 5.74) is -0.181. The molecule has 5 heteroatoms. The van der Waals surface area contributed by atoms with Gasteiger partial charge >= 0.3 is 0 Å². The third kappa shape index (κ3) is 2.01. The summed E-state index contributed by atoms with van der Waals surface area (Å²) in [6.07, 6.45) is 0. The zero-order valence-corrected chi connectivity index (χ0v) is 8.07. The maximum Gasteiger partial charge on any atom is 0.181 e. The fraction of sp³-hybridized carbons (Fsp3) is 0.222. The number of halogens is 3.